The highest BCUT2D eigenvalue weighted by molar-refractivity contribution is 7.89. The highest BCUT2D eigenvalue weighted by atomic mass is 32.2. The number of sulfonamides is 1. The molecule has 0 amide bonds. The van der Waals surface area contributed by atoms with E-state index in [1.165, 1.54) is 16.4 Å². The van der Waals surface area contributed by atoms with Gasteiger partial charge in [-0.05, 0) is 31.0 Å². The average Bonchev–Trinajstić information content (AvgIpc) is 2.85. The molecule has 0 atom stereocenters. The van der Waals surface area contributed by atoms with E-state index in [0.717, 1.165) is 5.56 Å². The molecule has 1 aliphatic rings. The molecule has 1 aromatic carbocycles. The lowest BCUT2D eigenvalue weighted by molar-refractivity contribution is 0.445. The summed E-state index contributed by atoms with van der Waals surface area (Å²) >= 11 is 0. The summed E-state index contributed by atoms with van der Waals surface area (Å²) < 4.78 is 37.8. The first-order chi connectivity index (χ1) is 11.0. The van der Waals surface area contributed by atoms with Crippen LogP contribution in [0.3, 0.4) is 0 Å². The second-order valence-electron chi connectivity index (χ2n) is 5.32. The Balaban J connectivity index is 1.85. The van der Waals surface area contributed by atoms with Crippen LogP contribution in [0, 0.1) is 5.82 Å². The van der Waals surface area contributed by atoms with Crippen molar-refractivity contribution in [2.24, 2.45) is 4.99 Å². The van der Waals surface area contributed by atoms with Gasteiger partial charge in [0.1, 0.15) is 5.82 Å². The van der Waals surface area contributed by atoms with Crippen LogP contribution in [-0.4, -0.2) is 50.6 Å². The van der Waals surface area contributed by atoms with Crippen LogP contribution in [0.15, 0.2) is 29.3 Å². The minimum Gasteiger partial charge on any atom is -0.357 e. The Hall–Kier alpha value is -1.67. The number of guanidine groups is 1. The van der Waals surface area contributed by atoms with Gasteiger partial charge < -0.3 is 10.6 Å². The largest absolute Gasteiger partial charge is 0.357 e. The molecule has 128 valence electrons. The second-order valence-corrected chi connectivity index (χ2v) is 7.41. The quantitative estimate of drug-likeness (QED) is 0.595. The number of hydrogen-bond acceptors (Lipinski definition) is 3. The molecule has 0 bridgehead atoms. The predicted molar refractivity (Wildman–Crippen MR) is 89.2 cm³/mol. The molecule has 2 N–H and O–H groups in total. The van der Waals surface area contributed by atoms with Crippen molar-refractivity contribution in [3.8, 4) is 0 Å². The third-order valence-electron chi connectivity index (χ3n) is 3.53. The highest BCUT2D eigenvalue weighted by Crippen LogP contribution is 2.11. The Labute approximate surface area is 136 Å². The molecule has 0 radical (unpaired) electrons. The summed E-state index contributed by atoms with van der Waals surface area (Å²) in [5, 5.41) is 6.23. The Morgan fingerprint density at radius 3 is 2.65 bits per heavy atom. The molecule has 2 rings (SSSR count). The van der Waals surface area contributed by atoms with Crippen LogP contribution < -0.4 is 10.6 Å². The van der Waals surface area contributed by atoms with E-state index in [1.54, 1.807) is 12.1 Å². The van der Waals surface area contributed by atoms with Gasteiger partial charge in [-0.2, -0.15) is 0 Å². The molecular weight excluding hydrogens is 319 g/mol. The third-order valence-corrected chi connectivity index (χ3v) is 5.49. The predicted octanol–water partition coefficient (Wildman–Crippen LogP) is 0.916. The Kier molecular flexibility index (Phi) is 6.35. The number of nitrogens with zero attached hydrogens (tertiary/aromatic N) is 2. The van der Waals surface area contributed by atoms with Crippen LogP contribution in [0.1, 0.15) is 18.9 Å². The summed E-state index contributed by atoms with van der Waals surface area (Å²) in [6.07, 6.45) is 0.695. The second kappa shape index (κ2) is 8.26. The van der Waals surface area contributed by atoms with Crippen molar-refractivity contribution in [3.05, 3.63) is 35.6 Å². The van der Waals surface area contributed by atoms with E-state index in [2.05, 4.69) is 15.6 Å². The van der Waals surface area contributed by atoms with Crippen LogP contribution in [0.2, 0.25) is 0 Å². The fourth-order valence-corrected chi connectivity index (χ4v) is 3.87. The summed E-state index contributed by atoms with van der Waals surface area (Å²) in [5.41, 5.74) is 0.908. The zero-order chi connectivity index (χ0) is 16.7. The van der Waals surface area contributed by atoms with Crippen LogP contribution in [0.4, 0.5) is 4.39 Å². The van der Waals surface area contributed by atoms with Crippen LogP contribution in [0.25, 0.3) is 0 Å². The summed E-state index contributed by atoms with van der Waals surface area (Å²) in [6.45, 7) is 4.61. The van der Waals surface area contributed by atoms with Gasteiger partial charge in [0, 0.05) is 26.2 Å². The lowest BCUT2D eigenvalue weighted by Gasteiger charge is -2.16. The molecule has 0 unspecified atom stereocenters. The van der Waals surface area contributed by atoms with Crippen molar-refractivity contribution in [1.82, 2.24) is 14.9 Å². The zero-order valence-corrected chi connectivity index (χ0v) is 14.1. The van der Waals surface area contributed by atoms with E-state index in [-0.39, 0.29) is 11.6 Å². The number of rotatable bonds is 6. The molecule has 6 nitrogen and oxygen atoms in total. The normalized spacial score (nSPS) is 18.1. The number of halogens is 1. The third kappa shape index (κ3) is 5.47. The number of aliphatic imine (C=N–C) groups is 1. The van der Waals surface area contributed by atoms with Gasteiger partial charge in [-0.25, -0.2) is 22.1 Å². The molecule has 23 heavy (non-hydrogen) atoms. The highest BCUT2D eigenvalue weighted by Gasteiger charge is 2.27. The standard InChI is InChI=1S/C15H23FN4O2S/c1-2-17-15(19-12-13-4-6-14(16)7-5-13)18-8-10-20-9-3-11-23(20,21)22/h4-7H,2-3,8-12H2,1H3,(H2,17,18,19). The monoisotopic (exact) mass is 342 g/mol. The molecule has 1 aliphatic heterocycles. The molecule has 1 aromatic rings. The van der Waals surface area contributed by atoms with E-state index in [4.69, 9.17) is 0 Å². The first kappa shape index (κ1) is 17.7. The SMILES string of the molecule is CCNC(=NCc1ccc(F)cc1)NCCN1CCCS1(=O)=O. The Morgan fingerprint density at radius 2 is 2.04 bits per heavy atom. The van der Waals surface area contributed by atoms with Crippen molar-refractivity contribution in [2.75, 3.05) is 31.9 Å². The first-order valence-electron chi connectivity index (χ1n) is 7.75. The van der Waals surface area contributed by atoms with E-state index < -0.39 is 10.0 Å². The molecule has 8 heteroatoms. The Morgan fingerprint density at radius 1 is 1.30 bits per heavy atom. The smallest absolute Gasteiger partial charge is 0.214 e. The average molecular weight is 342 g/mol. The van der Waals surface area contributed by atoms with E-state index in [1.807, 2.05) is 6.92 Å². The van der Waals surface area contributed by atoms with Gasteiger partial charge in [-0.1, -0.05) is 12.1 Å². The van der Waals surface area contributed by atoms with Crippen molar-refractivity contribution in [1.29, 1.82) is 0 Å². The maximum Gasteiger partial charge on any atom is 0.214 e. The van der Waals surface area contributed by atoms with E-state index >= 15 is 0 Å². The fraction of sp³-hybridized carbons (Fsp3) is 0.533. The van der Waals surface area contributed by atoms with Gasteiger partial charge in [-0.15, -0.1) is 0 Å². The summed E-state index contributed by atoms with van der Waals surface area (Å²) in [7, 11) is -3.06. The minimum atomic E-state index is -3.06. The molecule has 0 aromatic heterocycles. The molecule has 0 spiro atoms. The topological polar surface area (TPSA) is 73.8 Å². The summed E-state index contributed by atoms with van der Waals surface area (Å²) in [4.78, 5) is 4.42. The molecule has 1 fully saturated rings. The van der Waals surface area contributed by atoms with Crippen molar-refractivity contribution >= 4 is 16.0 Å². The molecule has 1 heterocycles. The molecular formula is C15H23FN4O2S. The number of nitrogens with one attached hydrogen (secondary N) is 2. The first-order valence-corrected chi connectivity index (χ1v) is 9.36. The van der Waals surface area contributed by atoms with Crippen molar-refractivity contribution in [3.63, 3.8) is 0 Å². The van der Waals surface area contributed by atoms with Crippen LogP contribution in [-0.2, 0) is 16.6 Å². The number of hydrogen-bond donors (Lipinski definition) is 2. The van der Waals surface area contributed by atoms with Gasteiger partial charge in [-0.3, -0.25) is 0 Å². The lowest BCUT2D eigenvalue weighted by Crippen LogP contribution is -2.42. The zero-order valence-electron chi connectivity index (χ0n) is 13.3. The van der Waals surface area contributed by atoms with Gasteiger partial charge in [0.05, 0.1) is 12.3 Å². The van der Waals surface area contributed by atoms with Gasteiger partial charge in [0.25, 0.3) is 0 Å². The summed E-state index contributed by atoms with van der Waals surface area (Å²) in [5.74, 6) is 0.592. The molecule has 1 saturated heterocycles. The van der Waals surface area contributed by atoms with Crippen LogP contribution >= 0.6 is 0 Å². The van der Waals surface area contributed by atoms with Gasteiger partial charge in [0.2, 0.25) is 10.0 Å². The molecule has 0 aliphatic carbocycles. The van der Waals surface area contributed by atoms with Crippen molar-refractivity contribution in [2.45, 2.75) is 19.9 Å². The minimum absolute atomic E-state index is 0.242. The molecule has 0 saturated carbocycles. The van der Waals surface area contributed by atoms with E-state index in [9.17, 15) is 12.8 Å². The maximum atomic E-state index is 12.9. The van der Waals surface area contributed by atoms with Crippen LogP contribution in [0.5, 0.6) is 0 Å². The summed E-state index contributed by atoms with van der Waals surface area (Å²) in [6, 6.07) is 6.20. The maximum absolute atomic E-state index is 12.9. The van der Waals surface area contributed by atoms with Crippen molar-refractivity contribution < 1.29 is 12.8 Å². The van der Waals surface area contributed by atoms with Gasteiger partial charge in [0.15, 0.2) is 5.96 Å². The lowest BCUT2D eigenvalue weighted by atomic mass is 10.2. The fourth-order valence-electron chi connectivity index (χ4n) is 2.34. The number of benzene rings is 1. The van der Waals surface area contributed by atoms with Gasteiger partial charge >= 0.3 is 0 Å². The Bertz CT molecular complexity index is 631. The van der Waals surface area contributed by atoms with E-state index in [0.29, 0.717) is 45.1 Å².